The summed E-state index contributed by atoms with van der Waals surface area (Å²) in [7, 11) is 0. The highest BCUT2D eigenvalue weighted by molar-refractivity contribution is 6.30. The summed E-state index contributed by atoms with van der Waals surface area (Å²) < 4.78 is 0. The monoisotopic (exact) mass is 290 g/mol. The Labute approximate surface area is 124 Å². The first-order valence-electron chi connectivity index (χ1n) is 6.77. The largest absolute Gasteiger partial charge is 0.358 e. The number of carbonyl (C=O) groups excluding carboxylic acids is 1. The van der Waals surface area contributed by atoms with Crippen molar-refractivity contribution >= 4 is 17.5 Å². The molecule has 0 radical (unpaired) electrons. The minimum absolute atomic E-state index is 0.0340. The maximum Gasteiger partial charge on any atom is 0.253 e. The lowest BCUT2D eigenvalue weighted by Gasteiger charge is -2.10. The molecule has 1 aromatic carbocycles. The second-order valence-electron chi connectivity index (χ2n) is 5.01. The van der Waals surface area contributed by atoms with E-state index in [-0.39, 0.29) is 11.9 Å². The zero-order valence-electron chi connectivity index (χ0n) is 12.0. The van der Waals surface area contributed by atoms with Crippen LogP contribution in [0.25, 0.3) is 11.3 Å². The molecule has 0 spiro atoms. The van der Waals surface area contributed by atoms with Crippen molar-refractivity contribution in [2.24, 2.45) is 0 Å². The summed E-state index contributed by atoms with van der Waals surface area (Å²) in [6.07, 6.45) is 0.916. The van der Waals surface area contributed by atoms with Crippen LogP contribution in [0.4, 0.5) is 0 Å². The average molecular weight is 291 g/mol. The van der Waals surface area contributed by atoms with Crippen molar-refractivity contribution < 1.29 is 4.79 Å². The molecule has 2 N–H and O–H groups in total. The second kappa shape index (κ2) is 6.14. The number of hydrogen-bond acceptors (Lipinski definition) is 1. The van der Waals surface area contributed by atoms with Crippen molar-refractivity contribution in [1.29, 1.82) is 0 Å². The van der Waals surface area contributed by atoms with Gasteiger partial charge in [0, 0.05) is 22.5 Å². The van der Waals surface area contributed by atoms with Crippen molar-refractivity contribution in [3.63, 3.8) is 0 Å². The lowest BCUT2D eigenvalue weighted by Crippen LogP contribution is -2.32. The van der Waals surface area contributed by atoms with Gasteiger partial charge in [-0.25, -0.2) is 0 Å². The fraction of sp³-hybridized carbons (Fsp3) is 0.312. The number of H-pyrrole nitrogens is 1. The Morgan fingerprint density at radius 3 is 2.60 bits per heavy atom. The number of hydrogen-bond donors (Lipinski definition) is 2. The zero-order valence-corrected chi connectivity index (χ0v) is 12.7. The van der Waals surface area contributed by atoms with E-state index < -0.39 is 0 Å². The number of aromatic nitrogens is 1. The fourth-order valence-electron chi connectivity index (χ4n) is 1.98. The van der Waals surface area contributed by atoms with E-state index in [9.17, 15) is 4.79 Å². The summed E-state index contributed by atoms with van der Waals surface area (Å²) in [6.45, 7) is 5.96. The summed E-state index contributed by atoms with van der Waals surface area (Å²) in [5.74, 6) is -0.0340. The number of aromatic amines is 1. The van der Waals surface area contributed by atoms with Gasteiger partial charge >= 0.3 is 0 Å². The average Bonchev–Trinajstić information content (AvgIpc) is 2.81. The van der Waals surface area contributed by atoms with Crippen LogP contribution in [0.5, 0.6) is 0 Å². The number of aryl methyl sites for hydroxylation is 1. The third-order valence-electron chi connectivity index (χ3n) is 3.40. The van der Waals surface area contributed by atoms with E-state index in [1.54, 1.807) is 0 Å². The Bertz CT molecular complexity index is 601. The Balaban J connectivity index is 2.25. The maximum absolute atomic E-state index is 12.2. The Kier molecular flexibility index (Phi) is 4.50. The zero-order chi connectivity index (χ0) is 14.7. The SMILES string of the molecule is CCC(C)NC(=O)c1cc(-c2ccc(Cl)cc2)[nH]c1C. The molecular weight excluding hydrogens is 272 g/mol. The molecule has 1 aromatic heterocycles. The molecule has 2 aromatic rings. The van der Waals surface area contributed by atoms with Gasteiger partial charge in [0.1, 0.15) is 0 Å². The highest BCUT2D eigenvalue weighted by atomic mass is 35.5. The van der Waals surface area contributed by atoms with Crippen LogP contribution in [0.3, 0.4) is 0 Å². The Morgan fingerprint density at radius 1 is 1.35 bits per heavy atom. The van der Waals surface area contributed by atoms with E-state index in [4.69, 9.17) is 11.6 Å². The van der Waals surface area contributed by atoms with Crippen LogP contribution in [0, 0.1) is 6.92 Å². The minimum atomic E-state index is -0.0340. The molecule has 1 unspecified atom stereocenters. The molecule has 1 amide bonds. The molecule has 0 aliphatic heterocycles. The Hall–Kier alpha value is -1.74. The molecule has 3 nitrogen and oxygen atoms in total. The number of benzene rings is 1. The van der Waals surface area contributed by atoms with Crippen molar-refractivity contribution in [3.8, 4) is 11.3 Å². The molecule has 4 heteroatoms. The van der Waals surface area contributed by atoms with E-state index in [1.165, 1.54) is 0 Å². The number of rotatable bonds is 4. The lowest BCUT2D eigenvalue weighted by atomic mass is 10.1. The molecule has 106 valence electrons. The van der Waals surface area contributed by atoms with Gasteiger partial charge in [-0.1, -0.05) is 30.7 Å². The second-order valence-corrected chi connectivity index (χ2v) is 5.45. The maximum atomic E-state index is 12.2. The van der Waals surface area contributed by atoms with E-state index in [0.717, 1.165) is 23.4 Å². The van der Waals surface area contributed by atoms with Crippen LogP contribution < -0.4 is 5.32 Å². The quantitative estimate of drug-likeness (QED) is 0.872. The van der Waals surface area contributed by atoms with Gasteiger partial charge in [0.15, 0.2) is 0 Å². The van der Waals surface area contributed by atoms with Crippen molar-refractivity contribution in [2.75, 3.05) is 0 Å². The van der Waals surface area contributed by atoms with Crippen LogP contribution in [0.15, 0.2) is 30.3 Å². The third-order valence-corrected chi connectivity index (χ3v) is 3.66. The topological polar surface area (TPSA) is 44.9 Å². The highest BCUT2D eigenvalue weighted by Crippen LogP contribution is 2.23. The number of carbonyl (C=O) groups is 1. The highest BCUT2D eigenvalue weighted by Gasteiger charge is 2.14. The third kappa shape index (κ3) is 3.23. The molecule has 0 aliphatic rings. The van der Waals surface area contributed by atoms with Gasteiger partial charge < -0.3 is 10.3 Å². The smallest absolute Gasteiger partial charge is 0.253 e. The summed E-state index contributed by atoms with van der Waals surface area (Å²) in [5, 5.41) is 3.68. The van der Waals surface area contributed by atoms with E-state index >= 15 is 0 Å². The number of amides is 1. The summed E-state index contributed by atoms with van der Waals surface area (Å²) in [6, 6.07) is 9.61. The van der Waals surface area contributed by atoms with E-state index in [1.807, 2.05) is 51.1 Å². The van der Waals surface area contributed by atoms with E-state index in [2.05, 4.69) is 10.3 Å². The first-order chi connectivity index (χ1) is 9.51. The molecule has 0 saturated carbocycles. The normalized spacial score (nSPS) is 12.2. The molecule has 0 aliphatic carbocycles. The van der Waals surface area contributed by atoms with Crippen LogP contribution >= 0.6 is 11.6 Å². The molecule has 20 heavy (non-hydrogen) atoms. The molecule has 0 bridgehead atoms. The standard InChI is InChI=1S/C16H19ClN2O/c1-4-10(2)18-16(20)14-9-15(19-11(14)3)12-5-7-13(17)8-6-12/h5-10,19H,4H2,1-3H3,(H,18,20). The van der Waals surface area contributed by atoms with Crippen molar-refractivity contribution in [1.82, 2.24) is 10.3 Å². The van der Waals surface area contributed by atoms with Crippen LogP contribution in [0.2, 0.25) is 5.02 Å². The molecule has 0 saturated heterocycles. The molecule has 2 rings (SSSR count). The van der Waals surface area contributed by atoms with Crippen LogP contribution in [-0.4, -0.2) is 16.9 Å². The predicted molar refractivity (Wildman–Crippen MR) is 83.2 cm³/mol. The van der Waals surface area contributed by atoms with Crippen LogP contribution in [0.1, 0.15) is 36.3 Å². The summed E-state index contributed by atoms with van der Waals surface area (Å²) >= 11 is 5.88. The predicted octanol–water partition coefficient (Wildman–Crippen LogP) is 4.17. The molecule has 1 heterocycles. The summed E-state index contributed by atoms with van der Waals surface area (Å²) in [5.41, 5.74) is 3.50. The van der Waals surface area contributed by atoms with Gasteiger partial charge in [0.25, 0.3) is 5.91 Å². The number of nitrogens with one attached hydrogen (secondary N) is 2. The van der Waals surface area contributed by atoms with Gasteiger partial charge in [-0.3, -0.25) is 4.79 Å². The Morgan fingerprint density at radius 2 is 2.00 bits per heavy atom. The van der Waals surface area contributed by atoms with Gasteiger partial charge in [-0.2, -0.15) is 0 Å². The van der Waals surface area contributed by atoms with Crippen molar-refractivity contribution in [2.45, 2.75) is 33.2 Å². The van der Waals surface area contributed by atoms with Gasteiger partial charge in [0.05, 0.1) is 5.56 Å². The number of halogens is 1. The molecule has 1 atom stereocenters. The first-order valence-corrected chi connectivity index (χ1v) is 7.15. The van der Waals surface area contributed by atoms with Crippen LogP contribution in [-0.2, 0) is 0 Å². The molecule has 0 fully saturated rings. The van der Waals surface area contributed by atoms with Gasteiger partial charge in [0.2, 0.25) is 0 Å². The molecular formula is C16H19ClN2O. The minimum Gasteiger partial charge on any atom is -0.358 e. The first kappa shape index (κ1) is 14.7. The lowest BCUT2D eigenvalue weighted by molar-refractivity contribution is 0.0939. The summed E-state index contributed by atoms with van der Waals surface area (Å²) in [4.78, 5) is 15.4. The van der Waals surface area contributed by atoms with Gasteiger partial charge in [-0.15, -0.1) is 0 Å². The van der Waals surface area contributed by atoms with Crippen molar-refractivity contribution in [3.05, 3.63) is 46.6 Å². The fourth-order valence-corrected chi connectivity index (χ4v) is 2.11. The van der Waals surface area contributed by atoms with Gasteiger partial charge in [-0.05, 0) is 44.0 Å². The van der Waals surface area contributed by atoms with E-state index in [0.29, 0.717) is 10.6 Å².